The van der Waals surface area contributed by atoms with Gasteiger partial charge in [-0.25, -0.2) is 0 Å². The zero-order valence-corrected chi connectivity index (χ0v) is 20.3. The number of rotatable bonds is 5. The van der Waals surface area contributed by atoms with E-state index in [4.69, 9.17) is 10.00 Å². The number of carbonyl (C=O) groups is 1. The van der Waals surface area contributed by atoms with Gasteiger partial charge in [0.2, 0.25) is 0 Å². The molecule has 5 nitrogen and oxygen atoms in total. The number of halogens is 3. The summed E-state index contributed by atoms with van der Waals surface area (Å²) in [5.74, 6) is 0.0441. The highest BCUT2D eigenvalue weighted by Gasteiger charge is 2.51. The number of alkyl halides is 3. The van der Waals surface area contributed by atoms with E-state index in [-0.39, 0.29) is 22.8 Å². The molecule has 8 heteroatoms. The molecule has 4 rings (SSSR count). The number of likely N-dealkylation sites (tertiary alicyclic amines) is 1. The molecule has 2 aliphatic heterocycles. The summed E-state index contributed by atoms with van der Waals surface area (Å²) >= 11 is 0. The van der Waals surface area contributed by atoms with Gasteiger partial charge in [-0.3, -0.25) is 4.79 Å². The monoisotopic (exact) mass is 485 g/mol. The van der Waals surface area contributed by atoms with E-state index in [2.05, 4.69) is 0 Å². The molecular weight excluding hydrogens is 455 g/mol. The van der Waals surface area contributed by atoms with Gasteiger partial charge in [0.1, 0.15) is 0 Å². The van der Waals surface area contributed by atoms with E-state index in [1.54, 1.807) is 12.1 Å². The van der Waals surface area contributed by atoms with Crippen LogP contribution in [0, 0.1) is 36.5 Å². The van der Waals surface area contributed by atoms with Crippen molar-refractivity contribution in [3.8, 4) is 6.07 Å². The quantitative estimate of drug-likeness (QED) is 0.584. The largest absolute Gasteiger partial charge is 0.417 e. The van der Waals surface area contributed by atoms with Crippen molar-refractivity contribution in [1.82, 2.24) is 4.90 Å². The maximum Gasteiger partial charge on any atom is 0.417 e. The maximum atomic E-state index is 13.5. The van der Waals surface area contributed by atoms with Crippen LogP contribution in [-0.4, -0.2) is 50.2 Å². The van der Waals surface area contributed by atoms with Crippen LogP contribution in [0.2, 0.25) is 0 Å². The van der Waals surface area contributed by atoms with Crippen LogP contribution < -0.4 is 4.90 Å². The Labute approximate surface area is 204 Å². The van der Waals surface area contributed by atoms with Crippen LogP contribution in [0.3, 0.4) is 0 Å². The molecule has 1 amide bonds. The number of carbonyl (C=O) groups excluding carboxylic acids is 1. The Morgan fingerprint density at radius 1 is 1.20 bits per heavy atom. The molecule has 0 radical (unpaired) electrons. The second-order valence-corrected chi connectivity index (χ2v) is 9.74. The molecule has 0 aromatic heterocycles. The summed E-state index contributed by atoms with van der Waals surface area (Å²) < 4.78 is 46.4. The van der Waals surface area contributed by atoms with Crippen molar-refractivity contribution in [2.45, 2.75) is 33.4 Å². The molecule has 2 fully saturated rings. The van der Waals surface area contributed by atoms with E-state index in [0.29, 0.717) is 57.1 Å². The lowest BCUT2D eigenvalue weighted by molar-refractivity contribution is -0.137. The summed E-state index contributed by atoms with van der Waals surface area (Å²) in [5, 5.41) is 9.12. The Balaban J connectivity index is 1.61. The summed E-state index contributed by atoms with van der Waals surface area (Å²) in [6.07, 6.45) is -3.90. The van der Waals surface area contributed by atoms with Crippen molar-refractivity contribution in [3.63, 3.8) is 0 Å². The van der Waals surface area contributed by atoms with E-state index in [1.807, 2.05) is 48.8 Å². The van der Waals surface area contributed by atoms with Crippen LogP contribution in [0.4, 0.5) is 18.9 Å². The lowest BCUT2D eigenvalue weighted by Gasteiger charge is -2.44. The molecule has 0 N–H and O–H groups in total. The molecule has 35 heavy (non-hydrogen) atoms. The van der Waals surface area contributed by atoms with Crippen molar-refractivity contribution in [3.05, 3.63) is 64.2 Å². The average Bonchev–Trinajstić information content (AvgIpc) is 3.22. The van der Waals surface area contributed by atoms with Crippen molar-refractivity contribution in [1.29, 1.82) is 5.26 Å². The number of fused-ring (bicyclic) bond motifs is 1. The van der Waals surface area contributed by atoms with Gasteiger partial charge < -0.3 is 14.5 Å². The number of nitrogens with zero attached hydrogens (tertiary/aromatic N) is 3. The van der Waals surface area contributed by atoms with Gasteiger partial charge in [0.05, 0.1) is 23.8 Å². The third-order valence-corrected chi connectivity index (χ3v) is 7.43. The van der Waals surface area contributed by atoms with Crippen LogP contribution in [0.1, 0.15) is 46.0 Å². The predicted molar refractivity (Wildman–Crippen MR) is 127 cm³/mol. The molecule has 2 heterocycles. The molecule has 0 saturated carbocycles. The number of amides is 1. The fourth-order valence-corrected chi connectivity index (χ4v) is 5.41. The standard InChI is InChI=1S/C27H30F3N3O2/c1-4-35-17-26-9-10-32(22-8-7-20(13-31)24(12-22)27(28,29)30)14-21(26)15-33(16-26)25(34)23-11-18(2)5-6-19(23)3/h5-8,11-12,21H,4,9-10,14-17H2,1-3H3/t21-,26+/m1/s1. The summed E-state index contributed by atoms with van der Waals surface area (Å²) in [7, 11) is 0. The minimum atomic E-state index is -4.60. The lowest BCUT2D eigenvalue weighted by Crippen LogP contribution is -2.49. The van der Waals surface area contributed by atoms with Gasteiger partial charge in [0, 0.05) is 55.4 Å². The van der Waals surface area contributed by atoms with Crippen LogP contribution in [0.5, 0.6) is 0 Å². The SMILES string of the molecule is CCOC[C@@]12CCN(c3ccc(C#N)c(C(F)(F)F)c3)C[C@@H]1CN(C(=O)c1cc(C)ccc1C)C2. The number of hydrogen-bond acceptors (Lipinski definition) is 4. The fraction of sp³-hybridized carbons (Fsp3) is 0.481. The number of aryl methyl sites for hydroxylation is 2. The van der Waals surface area contributed by atoms with Crippen molar-refractivity contribution >= 4 is 11.6 Å². The second-order valence-electron chi connectivity index (χ2n) is 9.74. The molecule has 2 aromatic carbocycles. The smallest absolute Gasteiger partial charge is 0.381 e. The normalized spacial score (nSPS) is 22.1. The van der Waals surface area contributed by atoms with Crippen molar-refractivity contribution in [2.24, 2.45) is 11.3 Å². The molecule has 2 atom stereocenters. The van der Waals surface area contributed by atoms with Crippen molar-refractivity contribution in [2.75, 3.05) is 44.3 Å². The maximum absolute atomic E-state index is 13.5. The third-order valence-electron chi connectivity index (χ3n) is 7.43. The van der Waals surface area contributed by atoms with Gasteiger partial charge in [-0.2, -0.15) is 18.4 Å². The lowest BCUT2D eigenvalue weighted by atomic mass is 9.73. The van der Waals surface area contributed by atoms with E-state index in [0.717, 1.165) is 17.2 Å². The van der Waals surface area contributed by atoms with E-state index >= 15 is 0 Å². The van der Waals surface area contributed by atoms with E-state index in [9.17, 15) is 18.0 Å². The van der Waals surface area contributed by atoms with Gasteiger partial charge >= 0.3 is 6.18 Å². The van der Waals surface area contributed by atoms with Crippen LogP contribution >= 0.6 is 0 Å². The average molecular weight is 486 g/mol. The number of nitriles is 1. The van der Waals surface area contributed by atoms with Gasteiger partial charge in [0.25, 0.3) is 5.91 Å². The van der Waals surface area contributed by atoms with Crippen molar-refractivity contribution < 1.29 is 22.7 Å². The Bertz CT molecular complexity index is 1160. The summed E-state index contributed by atoms with van der Waals surface area (Å²) in [6.45, 7) is 9.07. The molecule has 0 spiro atoms. The van der Waals surface area contributed by atoms with Gasteiger partial charge in [-0.15, -0.1) is 0 Å². The van der Waals surface area contributed by atoms with Crippen LogP contribution in [-0.2, 0) is 10.9 Å². The summed E-state index contributed by atoms with van der Waals surface area (Å²) in [6, 6.07) is 11.4. The second kappa shape index (κ2) is 9.54. The number of ether oxygens (including phenoxy) is 1. The Hall–Kier alpha value is -3.05. The van der Waals surface area contributed by atoms with E-state index < -0.39 is 11.7 Å². The fourth-order valence-electron chi connectivity index (χ4n) is 5.41. The molecule has 186 valence electrons. The number of piperidine rings is 1. The number of anilines is 1. The zero-order valence-electron chi connectivity index (χ0n) is 20.3. The predicted octanol–water partition coefficient (Wildman–Crippen LogP) is 5.20. The molecule has 2 saturated heterocycles. The topological polar surface area (TPSA) is 56.6 Å². The first-order valence-corrected chi connectivity index (χ1v) is 11.9. The molecule has 0 aliphatic carbocycles. The Morgan fingerprint density at radius 2 is 1.97 bits per heavy atom. The van der Waals surface area contributed by atoms with Crippen LogP contribution in [0.25, 0.3) is 0 Å². The number of benzene rings is 2. The molecular formula is C27H30F3N3O2. The highest BCUT2D eigenvalue weighted by Crippen LogP contribution is 2.45. The Kier molecular flexibility index (Phi) is 6.83. The minimum Gasteiger partial charge on any atom is -0.381 e. The molecule has 0 bridgehead atoms. The Morgan fingerprint density at radius 3 is 2.66 bits per heavy atom. The molecule has 2 aromatic rings. The van der Waals surface area contributed by atoms with Gasteiger partial charge in [-0.1, -0.05) is 17.7 Å². The van der Waals surface area contributed by atoms with Gasteiger partial charge in [0.15, 0.2) is 0 Å². The molecule has 2 aliphatic rings. The highest BCUT2D eigenvalue weighted by atomic mass is 19.4. The molecule has 0 unspecified atom stereocenters. The first-order valence-electron chi connectivity index (χ1n) is 11.9. The third kappa shape index (κ3) is 4.87. The minimum absolute atomic E-state index is 0.0132. The van der Waals surface area contributed by atoms with E-state index in [1.165, 1.54) is 6.07 Å². The number of hydrogen-bond donors (Lipinski definition) is 0. The summed E-state index contributed by atoms with van der Waals surface area (Å²) in [5.41, 5.74) is 1.55. The van der Waals surface area contributed by atoms with Gasteiger partial charge in [-0.05, 0) is 57.0 Å². The summed E-state index contributed by atoms with van der Waals surface area (Å²) in [4.78, 5) is 17.3. The first-order chi connectivity index (χ1) is 16.6. The highest BCUT2D eigenvalue weighted by molar-refractivity contribution is 5.96. The zero-order chi connectivity index (χ0) is 25.4. The first kappa shape index (κ1) is 25.1. The van der Waals surface area contributed by atoms with Crippen LogP contribution in [0.15, 0.2) is 36.4 Å².